The molecule has 0 aliphatic carbocycles. The summed E-state index contributed by atoms with van der Waals surface area (Å²) in [7, 11) is 0. The van der Waals surface area contributed by atoms with E-state index in [2.05, 4.69) is 10.4 Å². The summed E-state index contributed by atoms with van der Waals surface area (Å²) in [6, 6.07) is 20.3. The number of anilines is 2. The number of hydrogen-bond acceptors (Lipinski definition) is 5. The Balaban J connectivity index is 1.46. The number of halogens is 1. The van der Waals surface area contributed by atoms with Crippen molar-refractivity contribution in [3.05, 3.63) is 95.8 Å². The van der Waals surface area contributed by atoms with Gasteiger partial charge in [0.05, 0.1) is 29.8 Å². The molecule has 0 radical (unpaired) electrons. The highest BCUT2D eigenvalue weighted by Gasteiger charge is 2.65. The molecule has 0 bridgehead atoms. The van der Waals surface area contributed by atoms with Crippen molar-refractivity contribution in [3.63, 3.8) is 0 Å². The van der Waals surface area contributed by atoms with Crippen molar-refractivity contribution in [2.45, 2.75) is 12.1 Å². The molecule has 6 rings (SSSR count). The van der Waals surface area contributed by atoms with Crippen molar-refractivity contribution in [3.8, 4) is 0 Å². The van der Waals surface area contributed by atoms with Gasteiger partial charge in [-0.3, -0.25) is 19.4 Å². The van der Waals surface area contributed by atoms with Crippen LogP contribution in [0.4, 0.5) is 15.8 Å². The van der Waals surface area contributed by atoms with Crippen LogP contribution in [0, 0.1) is 17.7 Å². The monoisotopic (exact) mass is 454 g/mol. The van der Waals surface area contributed by atoms with Gasteiger partial charge >= 0.3 is 0 Å². The van der Waals surface area contributed by atoms with Crippen LogP contribution >= 0.6 is 0 Å². The molecule has 3 amide bonds. The van der Waals surface area contributed by atoms with Crippen molar-refractivity contribution >= 4 is 35.3 Å². The second-order valence-corrected chi connectivity index (χ2v) is 8.51. The Bertz CT molecular complexity index is 1360. The van der Waals surface area contributed by atoms with Gasteiger partial charge in [-0.1, -0.05) is 54.6 Å². The quantitative estimate of drug-likeness (QED) is 0.616. The molecule has 1 unspecified atom stereocenters. The maximum atomic E-state index is 14.6. The smallest absolute Gasteiger partial charge is 0.249 e. The molecule has 3 aliphatic heterocycles. The highest BCUT2D eigenvalue weighted by Crippen LogP contribution is 2.52. The highest BCUT2D eigenvalue weighted by atomic mass is 19.1. The second-order valence-electron chi connectivity index (χ2n) is 8.51. The average Bonchev–Trinajstić information content (AvgIpc) is 3.33. The first-order chi connectivity index (χ1) is 16.6. The molecule has 4 atom stereocenters. The van der Waals surface area contributed by atoms with Crippen LogP contribution < -0.4 is 10.2 Å². The highest BCUT2D eigenvalue weighted by molar-refractivity contribution is 6.24. The first-order valence-corrected chi connectivity index (χ1v) is 11.0. The minimum absolute atomic E-state index is 0.103. The summed E-state index contributed by atoms with van der Waals surface area (Å²) in [5.41, 5.74) is 2.08. The summed E-state index contributed by atoms with van der Waals surface area (Å²) < 4.78 is 14.6. The van der Waals surface area contributed by atoms with Crippen LogP contribution in [0.3, 0.4) is 0 Å². The summed E-state index contributed by atoms with van der Waals surface area (Å²) >= 11 is 0. The van der Waals surface area contributed by atoms with Crippen molar-refractivity contribution in [2.75, 3.05) is 10.2 Å². The lowest BCUT2D eigenvalue weighted by molar-refractivity contribution is -0.129. The number of hydrogen-bond donors (Lipinski definition) is 1. The zero-order chi connectivity index (χ0) is 23.4. The summed E-state index contributed by atoms with van der Waals surface area (Å²) in [5.74, 6) is -4.14. The molecule has 34 heavy (non-hydrogen) atoms. The number of imide groups is 1. The molecule has 0 saturated carbocycles. The second kappa shape index (κ2) is 7.62. The predicted molar refractivity (Wildman–Crippen MR) is 123 cm³/mol. The maximum Gasteiger partial charge on any atom is 0.249 e. The molecular weight excluding hydrogens is 435 g/mol. The van der Waals surface area contributed by atoms with Gasteiger partial charge in [0, 0.05) is 5.69 Å². The van der Waals surface area contributed by atoms with Crippen LogP contribution in [-0.2, 0) is 14.4 Å². The number of nitrogens with one attached hydrogen (secondary N) is 1. The van der Waals surface area contributed by atoms with Crippen LogP contribution in [0.5, 0.6) is 0 Å². The number of nitrogens with zero attached hydrogens (tertiary/aromatic N) is 3. The van der Waals surface area contributed by atoms with Crippen LogP contribution in [-0.4, -0.2) is 35.0 Å². The molecule has 0 aromatic heterocycles. The molecule has 168 valence electrons. The summed E-state index contributed by atoms with van der Waals surface area (Å²) in [5, 5.41) is 8.90. The number of amides is 3. The lowest BCUT2D eigenvalue weighted by Gasteiger charge is -2.33. The third-order valence-electron chi connectivity index (χ3n) is 6.70. The number of carbonyl (C=O) groups excluding carboxylic acids is 3. The fourth-order valence-corrected chi connectivity index (χ4v) is 5.28. The number of fused-ring (bicyclic) bond motifs is 5. The Morgan fingerprint density at radius 2 is 1.53 bits per heavy atom. The van der Waals surface area contributed by atoms with Crippen LogP contribution in [0.25, 0.3) is 0 Å². The Hall–Kier alpha value is -4.33. The Morgan fingerprint density at radius 3 is 2.32 bits per heavy atom. The topological polar surface area (TPSA) is 82.1 Å². The van der Waals surface area contributed by atoms with Gasteiger partial charge in [-0.05, 0) is 35.4 Å². The Kier molecular flexibility index (Phi) is 4.55. The standard InChI is InChI=1S/C26H19FN4O3/c27-18-12-6-7-13-19(18)30-25(33)20-21(26(30)34)23(24(32)29-16-9-2-1-3-10-16)31-22(20)17-11-5-4-8-15(17)14-28-31/h1-14,20-23H,(H,29,32)/t20-,21+,22?,23-/m1/s1. The van der Waals surface area contributed by atoms with E-state index in [1.165, 1.54) is 18.2 Å². The SMILES string of the molecule is O=C(Nc1ccccc1)[C@H]1[C@H]2C(=O)N(c3ccccc3F)C(=O)[C@H]2C2c3ccccc3C=NN21. The molecule has 2 fully saturated rings. The molecule has 7 nitrogen and oxygen atoms in total. The van der Waals surface area contributed by atoms with E-state index < -0.39 is 47.5 Å². The minimum Gasteiger partial charge on any atom is -0.324 e. The van der Waals surface area contributed by atoms with Gasteiger partial charge in [-0.25, -0.2) is 9.29 Å². The lowest BCUT2D eigenvalue weighted by atomic mass is 9.85. The van der Waals surface area contributed by atoms with Crippen LogP contribution in [0.1, 0.15) is 17.2 Å². The van der Waals surface area contributed by atoms with Crippen LogP contribution in [0.2, 0.25) is 0 Å². The van der Waals surface area contributed by atoms with E-state index in [1.807, 2.05) is 30.3 Å². The average molecular weight is 454 g/mol. The Labute approximate surface area is 194 Å². The largest absolute Gasteiger partial charge is 0.324 e. The van der Waals surface area contributed by atoms with Crippen LogP contribution in [0.15, 0.2) is 84.0 Å². The fourth-order valence-electron chi connectivity index (χ4n) is 5.28. The number of hydrazone groups is 1. The van der Waals surface area contributed by atoms with Crippen molar-refractivity contribution < 1.29 is 18.8 Å². The Morgan fingerprint density at radius 1 is 0.853 bits per heavy atom. The van der Waals surface area contributed by atoms with E-state index in [9.17, 15) is 18.8 Å². The molecule has 3 heterocycles. The maximum absolute atomic E-state index is 14.6. The minimum atomic E-state index is -1.03. The zero-order valence-electron chi connectivity index (χ0n) is 17.8. The number of para-hydroxylation sites is 2. The summed E-state index contributed by atoms with van der Waals surface area (Å²) in [6.07, 6.45) is 1.64. The molecule has 1 N–H and O–H groups in total. The van der Waals surface area contributed by atoms with Gasteiger partial charge in [0.15, 0.2) is 0 Å². The first kappa shape index (κ1) is 20.3. The number of carbonyl (C=O) groups is 3. The van der Waals surface area contributed by atoms with E-state index in [0.717, 1.165) is 16.0 Å². The predicted octanol–water partition coefficient (Wildman–Crippen LogP) is 3.34. The van der Waals surface area contributed by atoms with E-state index in [1.54, 1.807) is 41.6 Å². The molecular formula is C26H19FN4O3. The molecule has 3 aromatic carbocycles. The zero-order valence-corrected chi connectivity index (χ0v) is 17.8. The van der Waals surface area contributed by atoms with Gasteiger partial charge in [0.25, 0.3) is 0 Å². The van der Waals surface area contributed by atoms with Gasteiger partial charge < -0.3 is 5.32 Å². The van der Waals surface area contributed by atoms with Gasteiger partial charge in [-0.15, -0.1) is 0 Å². The third-order valence-corrected chi connectivity index (χ3v) is 6.70. The van der Waals surface area contributed by atoms with Crippen molar-refractivity contribution in [1.29, 1.82) is 0 Å². The summed E-state index contributed by atoms with van der Waals surface area (Å²) in [4.78, 5) is 41.7. The summed E-state index contributed by atoms with van der Waals surface area (Å²) in [6.45, 7) is 0. The van der Waals surface area contributed by atoms with Crippen molar-refractivity contribution in [1.82, 2.24) is 5.01 Å². The van der Waals surface area contributed by atoms with E-state index in [4.69, 9.17) is 0 Å². The molecule has 2 saturated heterocycles. The van der Waals surface area contributed by atoms with E-state index >= 15 is 0 Å². The van der Waals surface area contributed by atoms with E-state index in [-0.39, 0.29) is 5.69 Å². The lowest BCUT2D eigenvalue weighted by Crippen LogP contribution is -2.46. The first-order valence-electron chi connectivity index (χ1n) is 11.0. The van der Waals surface area contributed by atoms with Gasteiger partial charge in [0.2, 0.25) is 17.7 Å². The normalized spacial score (nSPS) is 24.6. The van der Waals surface area contributed by atoms with Gasteiger partial charge in [0.1, 0.15) is 11.9 Å². The molecule has 8 heteroatoms. The third kappa shape index (κ3) is 2.88. The van der Waals surface area contributed by atoms with Crippen molar-refractivity contribution in [2.24, 2.45) is 16.9 Å². The number of benzene rings is 3. The fraction of sp³-hybridized carbons (Fsp3) is 0.154. The van der Waals surface area contributed by atoms with Gasteiger partial charge in [-0.2, -0.15) is 5.10 Å². The number of rotatable bonds is 3. The molecule has 0 spiro atoms. The van der Waals surface area contributed by atoms with E-state index in [0.29, 0.717) is 5.69 Å². The molecule has 3 aromatic rings. The molecule has 3 aliphatic rings.